The minimum Gasteiger partial charge on any atom is -0.490 e. The molecule has 164 valence electrons. The van der Waals surface area contributed by atoms with Crippen molar-refractivity contribution in [2.24, 2.45) is 0 Å². The van der Waals surface area contributed by atoms with Gasteiger partial charge in [0.1, 0.15) is 41.4 Å². The van der Waals surface area contributed by atoms with E-state index in [4.69, 9.17) is 9.47 Å². The molecule has 2 aromatic carbocycles. The largest absolute Gasteiger partial charge is 0.490 e. The highest BCUT2D eigenvalue weighted by molar-refractivity contribution is 7.15. The molecule has 1 N–H and O–H groups in total. The Kier molecular flexibility index (Phi) is 7.95. The van der Waals surface area contributed by atoms with Crippen LogP contribution in [0.3, 0.4) is 0 Å². The molecule has 0 aliphatic heterocycles. The molecule has 3 aromatic rings. The average Bonchev–Trinajstić information content (AvgIpc) is 3.25. The van der Waals surface area contributed by atoms with E-state index in [0.29, 0.717) is 29.7 Å². The Morgan fingerprint density at radius 2 is 1.75 bits per heavy atom. The highest BCUT2D eigenvalue weighted by Crippen LogP contribution is 2.19. The van der Waals surface area contributed by atoms with Crippen LogP contribution in [0.25, 0.3) is 6.08 Å². The summed E-state index contributed by atoms with van der Waals surface area (Å²) in [4.78, 5) is 12.3. The first-order chi connectivity index (χ1) is 15.5. The predicted octanol–water partition coefficient (Wildman–Crippen LogP) is 4.72. The molecule has 0 spiro atoms. The number of hydrogen-bond acceptors (Lipinski definition) is 7. The summed E-state index contributed by atoms with van der Waals surface area (Å²) in [7, 11) is 0. The molecule has 0 aliphatic carbocycles. The summed E-state index contributed by atoms with van der Waals surface area (Å²) in [5.41, 5.74) is 3.10. The number of ether oxygens (including phenoxy) is 2. The SMILES string of the molecule is CCc1nnc(NC(=O)/C(C#N)=C\c2ccc(OCCOc3ccc(C)c(C)c3)cc2)s1. The monoisotopic (exact) mass is 448 g/mol. The number of nitrogens with zero attached hydrogens (tertiary/aromatic N) is 3. The van der Waals surface area contributed by atoms with Crippen LogP contribution >= 0.6 is 11.3 Å². The van der Waals surface area contributed by atoms with Crippen LogP contribution in [0.2, 0.25) is 0 Å². The molecule has 0 fully saturated rings. The number of anilines is 1. The third-order valence-corrected chi connectivity index (χ3v) is 5.63. The number of carbonyl (C=O) groups is 1. The molecule has 1 heterocycles. The van der Waals surface area contributed by atoms with E-state index < -0.39 is 5.91 Å². The van der Waals surface area contributed by atoms with Gasteiger partial charge in [-0.05, 0) is 67.3 Å². The first-order valence-electron chi connectivity index (χ1n) is 10.2. The van der Waals surface area contributed by atoms with Crippen LogP contribution in [-0.4, -0.2) is 29.3 Å². The second-order valence-electron chi connectivity index (χ2n) is 6.99. The molecule has 1 aromatic heterocycles. The fraction of sp³-hybridized carbons (Fsp3) is 0.250. The third kappa shape index (κ3) is 6.40. The summed E-state index contributed by atoms with van der Waals surface area (Å²) in [6, 6.07) is 15.0. The van der Waals surface area contributed by atoms with Gasteiger partial charge < -0.3 is 9.47 Å². The van der Waals surface area contributed by atoms with E-state index in [1.807, 2.05) is 31.2 Å². The summed E-state index contributed by atoms with van der Waals surface area (Å²) in [5.74, 6) is 0.976. The Morgan fingerprint density at radius 3 is 2.38 bits per heavy atom. The van der Waals surface area contributed by atoms with Crippen LogP contribution < -0.4 is 14.8 Å². The molecule has 0 unspecified atom stereocenters. The number of rotatable bonds is 9. The van der Waals surface area contributed by atoms with Crippen LogP contribution in [0, 0.1) is 25.2 Å². The zero-order valence-corrected chi connectivity index (χ0v) is 19.0. The van der Waals surface area contributed by atoms with Crippen LogP contribution in [0.5, 0.6) is 11.5 Å². The summed E-state index contributed by atoms with van der Waals surface area (Å²) in [6.07, 6.45) is 2.25. The van der Waals surface area contributed by atoms with Crippen molar-refractivity contribution >= 4 is 28.5 Å². The van der Waals surface area contributed by atoms with E-state index in [0.717, 1.165) is 17.2 Å². The average molecular weight is 449 g/mol. The molecule has 0 saturated heterocycles. The molecular weight excluding hydrogens is 424 g/mol. The normalized spacial score (nSPS) is 11.0. The number of amides is 1. The van der Waals surface area contributed by atoms with Crippen molar-refractivity contribution in [3.05, 3.63) is 69.7 Å². The van der Waals surface area contributed by atoms with Gasteiger partial charge in [-0.3, -0.25) is 10.1 Å². The van der Waals surface area contributed by atoms with Gasteiger partial charge in [0.05, 0.1) is 0 Å². The summed E-state index contributed by atoms with van der Waals surface area (Å²) >= 11 is 1.29. The number of aromatic nitrogens is 2. The van der Waals surface area contributed by atoms with E-state index >= 15 is 0 Å². The highest BCUT2D eigenvalue weighted by atomic mass is 32.1. The maximum absolute atomic E-state index is 12.3. The lowest BCUT2D eigenvalue weighted by molar-refractivity contribution is -0.112. The van der Waals surface area contributed by atoms with Gasteiger partial charge in [-0.2, -0.15) is 5.26 Å². The van der Waals surface area contributed by atoms with Crippen LogP contribution in [0.15, 0.2) is 48.0 Å². The van der Waals surface area contributed by atoms with E-state index in [2.05, 4.69) is 29.4 Å². The van der Waals surface area contributed by atoms with Gasteiger partial charge in [0, 0.05) is 0 Å². The topological polar surface area (TPSA) is 97.1 Å². The molecule has 1 amide bonds. The fourth-order valence-corrected chi connectivity index (χ4v) is 3.38. The molecule has 7 nitrogen and oxygen atoms in total. The molecule has 0 bridgehead atoms. The summed E-state index contributed by atoms with van der Waals surface area (Å²) in [6.45, 7) is 6.89. The maximum atomic E-state index is 12.3. The Balaban J connectivity index is 1.51. The van der Waals surface area contributed by atoms with E-state index in [1.54, 1.807) is 24.3 Å². The molecule has 32 heavy (non-hydrogen) atoms. The lowest BCUT2D eigenvalue weighted by Crippen LogP contribution is -2.13. The van der Waals surface area contributed by atoms with E-state index in [9.17, 15) is 10.1 Å². The van der Waals surface area contributed by atoms with Gasteiger partial charge in [0.25, 0.3) is 5.91 Å². The standard InChI is InChI=1S/C24H24N4O3S/c1-4-22-27-28-24(32-22)26-23(29)19(15-25)14-18-6-9-20(10-7-18)30-11-12-31-21-8-5-16(2)17(3)13-21/h5-10,13-14H,4,11-12H2,1-3H3,(H,26,28,29)/b19-14-. The molecule has 8 heteroatoms. The van der Waals surface area contributed by atoms with Crippen molar-refractivity contribution in [2.75, 3.05) is 18.5 Å². The van der Waals surface area contributed by atoms with Gasteiger partial charge in [-0.25, -0.2) is 0 Å². The fourth-order valence-electron chi connectivity index (χ4n) is 2.71. The van der Waals surface area contributed by atoms with Gasteiger partial charge in [0.15, 0.2) is 0 Å². The minimum absolute atomic E-state index is 0.0197. The van der Waals surface area contributed by atoms with Crippen LogP contribution in [-0.2, 0) is 11.2 Å². The summed E-state index contributed by atoms with van der Waals surface area (Å²) in [5, 5.41) is 21.0. The number of carbonyl (C=O) groups excluding carboxylic acids is 1. The lowest BCUT2D eigenvalue weighted by atomic mass is 10.1. The first kappa shape index (κ1) is 23.0. The molecule has 3 rings (SSSR count). The van der Waals surface area contributed by atoms with Gasteiger partial charge in [0.2, 0.25) is 5.13 Å². The molecule has 0 saturated carbocycles. The number of hydrogen-bond donors (Lipinski definition) is 1. The molecule has 0 radical (unpaired) electrons. The lowest BCUT2D eigenvalue weighted by Gasteiger charge is -2.10. The van der Waals surface area contributed by atoms with Crippen molar-refractivity contribution < 1.29 is 14.3 Å². The summed E-state index contributed by atoms with van der Waals surface area (Å²) < 4.78 is 11.4. The smallest absolute Gasteiger partial charge is 0.268 e. The Hall–Kier alpha value is -3.70. The van der Waals surface area contributed by atoms with Crippen molar-refractivity contribution in [3.63, 3.8) is 0 Å². The van der Waals surface area contributed by atoms with Crippen LogP contribution in [0.1, 0.15) is 28.6 Å². The zero-order valence-electron chi connectivity index (χ0n) is 18.2. The van der Waals surface area contributed by atoms with Crippen molar-refractivity contribution in [2.45, 2.75) is 27.2 Å². The van der Waals surface area contributed by atoms with Gasteiger partial charge in [-0.1, -0.05) is 36.5 Å². The van der Waals surface area contributed by atoms with Gasteiger partial charge in [-0.15, -0.1) is 10.2 Å². The number of aryl methyl sites for hydroxylation is 3. The van der Waals surface area contributed by atoms with E-state index in [1.165, 1.54) is 28.5 Å². The Morgan fingerprint density at radius 1 is 1.06 bits per heavy atom. The van der Waals surface area contributed by atoms with Crippen molar-refractivity contribution in [1.82, 2.24) is 10.2 Å². The van der Waals surface area contributed by atoms with E-state index in [-0.39, 0.29) is 5.57 Å². The van der Waals surface area contributed by atoms with Crippen molar-refractivity contribution in [3.8, 4) is 17.6 Å². The Bertz CT molecular complexity index is 1150. The van der Waals surface area contributed by atoms with Crippen LogP contribution in [0.4, 0.5) is 5.13 Å². The first-order valence-corrected chi connectivity index (χ1v) is 11.0. The second-order valence-corrected chi connectivity index (χ2v) is 8.05. The number of nitrogens with one attached hydrogen (secondary N) is 1. The third-order valence-electron chi connectivity index (χ3n) is 4.65. The zero-order chi connectivity index (χ0) is 22.9. The van der Waals surface area contributed by atoms with Crippen molar-refractivity contribution in [1.29, 1.82) is 5.26 Å². The maximum Gasteiger partial charge on any atom is 0.268 e. The molecule has 0 aliphatic rings. The number of nitriles is 1. The Labute approximate surface area is 191 Å². The minimum atomic E-state index is -0.518. The molecular formula is C24H24N4O3S. The van der Waals surface area contributed by atoms with Gasteiger partial charge >= 0.3 is 0 Å². The predicted molar refractivity (Wildman–Crippen MR) is 125 cm³/mol. The highest BCUT2D eigenvalue weighted by Gasteiger charge is 2.12. The quantitative estimate of drug-likeness (QED) is 0.289. The number of benzene rings is 2. The second kappa shape index (κ2) is 11.1. The molecule has 0 atom stereocenters.